The van der Waals surface area contributed by atoms with Gasteiger partial charge in [-0.2, -0.15) is 0 Å². The van der Waals surface area contributed by atoms with Crippen molar-refractivity contribution in [2.75, 3.05) is 0 Å². The molecule has 0 radical (unpaired) electrons. The average molecular weight is 302 g/mol. The van der Waals surface area contributed by atoms with E-state index in [0.717, 1.165) is 11.6 Å². The highest BCUT2D eigenvalue weighted by Crippen LogP contribution is 2.24. The Labute approximate surface area is 133 Å². The molecule has 0 aliphatic heterocycles. The predicted molar refractivity (Wildman–Crippen MR) is 91.8 cm³/mol. The molecule has 112 valence electrons. The smallest absolute Gasteiger partial charge is 0.0406 e. The van der Waals surface area contributed by atoms with Crippen LogP contribution in [0, 0.1) is 19.8 Å². The van der Waals surface area contributed by atoms with Crippen LogP contribution in [0.3, 0.4) is 0 Å². The molecule has 2 aromatic carbocycles. The van der Waals surface area contributed by atoms with E-state index in [4.69, 9.17) is 11.6 Å². The minimum Gasteiger partial charge on any atom is -0.306 e. The van der Waals surface area contributed by atoms with Crippen LogP contribution in [0.15, 0.2) is 42.5 Å². The van der Waals surface area contributed by atoms with Gasteiger partial charge in [-0.15, -0.1) is 0 Å². The fraction of sp³-hybridized carbons (Fsp3) is 0.368. The van der Waals surface area contributed by atoms with Crippen LogP contribution in [0.1, 0.15) is 42.1 Å². The molecule has 0 saturated carbocycles. The molecule has 0 aromatic heterocycles. The summed E-state index contributed by atoms with van der Waals surface area (Å²) < 4.78 is 0. The molecule has 0 fully saturated rings. The Morgan fingerprint density at radius 1 is 0.952 bits per heavy atom. The summed E-state index contributed by atoms with van der Waals surface area (Å²) in [4.78, 5) is 0. The lowest BCUT2D eigenvalue weighted by molar-refractivity contribution is 0.410. The summed E-state index contributed by atoms with van der Waals surface area (Å²) in [5, 5.41) is 4.47. The molecule has 2 heteroatoms. The summed E-state index contributed by atoms with van der Waals surface area (Å²) in [6, 6.07) is 15.2. The van der Waals surface area contributed by atoms with E-state index in [1.165, 1.54) is 22.3 Å². The number of halogens is 1. The van der Waals surface area contributed by atoms with E-state index in [0.29, 0.717) is 12.0 Å². The van der Waals surface area contributed by atoms with E-state index >= 15 is 0 Å². The van der Waals surface area contributed by atoms with Crippen molar-refractivity contribution in [3.63, 3.8) is 0 Å². The Balaban J connectivity index is 2.11. The van der Waals surface area contributed by atoms with Crippen molar-refractivity contribution in [3.8, 4) is 0 Å². The number of nitrogens with one attached hydrogen (secondary N) is 1. The molecule has 0 aliphatic rings. The number of hydrogen-bond acceptors (Lipinski definition) is 1. The molecule has 1 N–H and O–H groups in total. The maximum Gasteiger partial charge on any atom is 0.0406 e. The van der Waals surface area contributed by atoms with Crippen molar-refractivity contribution in [1.29, 1.82) is 0 Å². The van der Waals surface area contributed by atoms with E-state index in [-0.39, 0.29) is 0 Å². The van der Waals surface area contributed by atoms with E-state index < -0.39 is 0 Å². The zero-order valence-corrected chi connectivity index (χ0v) is 14.0. The maximum atomic E-state index is 5.98. The van der Waals surface area contributed by atoms with Gasteiger partial charge in [-0.25, -0.2) is 0 Å². The Morgan fingerprint density at radius 3 is 2.05 bits per heavy atom. The summed E-state index contributed by atoms with van der Waals surface area (Å²) in [6.07, 6.45) is 0. The molecular formula is C19H24ClN. The van der Waals surface area contributed by atoms with E-state index in [9.17, 15) is 0 Å². The highest BCUT2D eigenvalue weighted by Gasteiger charge is 2.15. The van der Waals surface area contributed by atoms with Crippen molar-refractivity contribution in [1.82, 2.24) is 5.32 Å². The number of benzene rings is 2. The Bertz CT molecular complexity index is 567. The van der Waals surface area contributed by atoms with Crippen molar-refractivity contribution in [2.24, 2.45) is 5.92 Å². The molecular weight excluding hydrogens is 278 g/mol. The maximum absolute atomic E-state index is 5.98. The number of aryl methyl sites for hydroxylation is 2. The van der Waals surface area contributed by atoms with Crippen molar-refractivity contribution < 1.29 is 0 Å². The van der Waals surface area contributed by atoms with Crippen LogP contribution in [0.5, 0.6) is 0 Å². The lowest BCUT2D eigenvalue weighted by Crippen LogP contribution is -2.25. The van der Waals surface area contributed by atoms with Gasteiger partial charge in [0.25, 0.3) is 0 Å². The largest absolute Gasteiger partial charge is 0.306 e. The Hall–Kier alpha value is -1.31. The van der Waals surface area contributed by atoms with E-state index in [1.807, 2.05) is 12.1 Å². The normalized spacial score (nSPS) is 12.7. The minimum absolute atomic E-state index is 0.336. The third-order valence-corrected chi connectivity index (χ3v) is 3.96. The highest BCUT2D eigenvalue weighted by atomic mass is 35.5. The number of rotatable bonds is 5. The summed E-state index contributed by atoms with van der Waals surface area (Å²) in [5.74, 6) is 0.525. The Kier molecular flexibility index (Phi) is 5.44. The van der Waals surface area contributed by atoms with E-state index in [1.54, 1.807) is 0 Å². The van der Waals surface area contributed by atoms with Gasteiger partial charge in [-0.05, 0) is 43.0 Å². The van der Waals surface area contributed by atoms with Crippen LogP contribution < -0.4 is 5.32 Å². The third-order valence-electron chi connectivity index (χ3n) is 3.70. The summed E-state index contributed by atoms with van der Waals surface area (Å²) in [5.41, 5.74) is 5.27. The molecule has 0 spiro atoms. The van der Waals surface area contributed by atoms with Crippen LogP contribution >= 0.6 is 11.6 Å². The molecule has 0 heterocycles. The standard InChI is InChI=1S/C19H24ClN/c1-13(2)19(17-5-7-18(20)8-6-17)21-12-16-10-14(3)9-15(4)11-16/h5-11,13,19,21H,12H2,1-4H3. The molecule has 0 amide bonds. The van der Waals surface area contributed by atoms with Crippen LogP contribution in [0.25, 0.3) is 0 Å². The molecule has 21 heavy (non-hydrogen) atoms. The van der Waals surface area contributed by atoms with Gasteiger partial charge in [0, 0.05) is 17.6 Å². The Morgan fingerprint density at radius 2 is 1.52 bits per heavy atom. The quantitative estimate of drug-likeness (QED) is 0.775. The molecule has 1 nitrogen and oxygen atoms in total. The minimum atomic E-state index is 0.336. The average Bonchev–Trinajstić information content (AvgIpc) is 2.39. The van der Waals surface area contributed by atoms with Gasteiger partial charge >= 0.3 is 0 Å². The van der Waals surface area contributed by atoms with Gasteiger partial charge in [0.2, 0.25) is 0 Å². The molecule has 0 bridgehead atoms. The summed E-state index contributed by atoms with van der Waals surface area (Å²) >= 11 is 5.98. The van der Waals surface area contributed by atoms with Crippen LogP contribution in [0.2, 0.25) is 5.02 Å². The first-order valence-electron chi connectivity index (χ1n) is 7.51. The lowest BCUT2D eigenvalue weighted by Gasteiger charge is -2.23. The first-order valence-corrected chi connectivity index (χ1v) is 7.89. The molecule has 1 unspecified atom stereocenters. The predicted octanol–water partition coefficient (Wildman–Crippen LogP) is 5.44. The highest BCUT2D eigenvalue weighted by molar-refractivity contribution is 6.30. The van der Waals surface area contributed by atoms with Gasteiger partial charge < -0.3 is 5.32 Å². The van der Waals surface area contributed by atoms with Gasteiger partial charge in [0.05, 0.1) is 0 Å². The summed E-state index contributed by atoms with van der Waals surface area (Å²) in [6.45, 7) is 9.67. The van der Waals surface area contributed by atoms with Gasteiger partial charge in [0.1, 0.15) is 0 Å². The topological polar surface area (TPSA) is 12.0 Å². The van der Waals surface area contributed by atoms with Crippen LogP contribution in [-0.4, -0.2) is 0 Å². The molecule has 0 aliphatic carbocycles. The summed E-state index contributed by atoms with van der Waals surface area (Å²) in [7, 11) is 0. The molecule has 2 aromatic rings. The second-order valence-corrected chi connectivity index (χ2v) is 6.59. The van der Waals surface area contributed by atoms with Crippen LogP contribution in [0.4, 0.5) is 0 Å². The fourth-order valence-corrected chi connectivity index (χ4v) is 2.93. The molecule has 0 saturated heterocycles. The van der Waals surface area contributed by atoms with Gasteiger partial charge in [0.15, 0.2) is 0 Å². The second-order valence-electron chi connectivity index (χ2n) is 6.15. The second kappa shape index (κ2) is 7.11. The van der Waals surface area contributed by atoms with Gasteiger partial charge in [-0.1, -0.05) is 66.9 Å². The van der Waals surface area contributed by atoms with Crippen molar-refractivity contribution >= 4 is 11.6 Å². The first-order chi connectivity index (χ1) is 9.95. The third kappa shape index (κ3) is 4.59. The zero-order valence-electron chi connectivity index (χ0n) is 13.3. The SMILES string of the molecule is Cc1cc(C)cc(CNC(c2ccc(Cl)cc2)C(C)C)c1. The number of hydrogen-bond donors (Lipinski definition) is 1. The zero-order chi connectivity index (χ0) is 15.4. The fourth-order valence-electron chi connectivity index (χ4n) is 2.81. The molecule has 2 rings (SSSR count). The van der Waals surface area contributed by atoms with E-state index in [2.05, 4.69) is 63.3 Å². The monoisotopic (exact) mass is 301 g/mol. The van der Waals surface area contributed by atoms with Gasteiger partial charge in [-0.3, -0.25) is 0 Å². The van der Waals surface area contributed by atoms with Crippen LogP contribution in [-0.2, 0) is 6.54 Å². The first kappa shape index (κ1) is 16.1. The molecule has 1 atom stereocenters. The lowest BCUT2D eigenvalue weighted by atomic mass is 9.95. The van der Waals surface area contributed by atoms with Crippen molar-refractivity contribution in [2.45, 2.75) is 40.3 Å². The van der Waals surface area contributed by atoms with Crippen molar-refractivity contribution in [3.05, 3.63) is 69.7 Å².